The molecule has 1 aromatic carbocycles. The molecule has 1 aromatic rings. The van der Waals surface area contributed by atoms with Crippen molar-refractivity contribution in [3.05, 3.63) is 45.3 Å². The van der Waals surface area contributed by atoms with Crippen LogP contribution in [0, 0.1) is 0 Å². The Labute approximate surface area is 161 Å². The topological polar surface area (TPSA) is 53.6 Å². The summed E-state index contributed by atoms with van der Waals surface area (Å²) >= 11 is 18.5. The quantitative estimate of drug-likeness (QED) is 0.572. The van der Waals surface area contributed by atoms with Crippen LogP contribution in [0.15, 0.2) is 24.4 Å². The van der Waals surface area contributed by atoms with Crippen molar-refractivity contribution < 1.29 is 0 Å². The van der Waals surface area contributed by atoms with Gasteiger partial charge in [-0.1, -0.05) is 34.8 Å². The summed E-state index contributed by atoms with van der Waals surface area (Å²) in [6, 6.07) is 6.05. The lowest BCUT2D eigenvalue weighted by atomic mass is 9.92. The van der Waals surface area contributed by atoms with E-state index in [1.54, 1.807) is 6.07 Å². The monoisotopic (exact) mass is 394 g/mol. The summed E-state index contributed by atoms with van der Waals surface area (Å²) in [6.07, 6.45) is 3.98. The molecule has 0 bridgehead atoms. The first-order valence-electron chi connectivity index (χ1n) is 8.26. The molecular formula is C18H17Cl3N4. The van der Waals surface area contributed by atoms with E-state index in [0.717, 1.165) is 47.9 Å². The molecule has 130 valence electrons. The molecule has 3 aliphatic heterocycles. The average Bonchev–Trinajstić information content (AvgIpc) is 3.02. The van der Waals surface area contributed by atoms with Gasteiger partial charge in [-0.2, -0.15) is 0 Å². The number of rotatable bonds is 2. The van der Waals surface area contributed by atoms with Crippen LogP contribution in [-0.4, -0.2) is 27.5 Å². The van der Waals surface area contributed by atoms with Gasteiger partial charge in [-0.3, -0.25) is 0 Å². The van der Waals surface area contributed by atoms with Crippen molar-refractivity contribution in [2.24, 2.45) is 0 Å². The first-order chi connectivity index (χ1) is 12.0. The predicted octanol–water partition coefficient (Wildman–Crippen LogP) is 5.39. The standard InChI is InChI=1S/C18H17Cl3N4/c1-9-6-10(4-5-22-9)18-23-8-15-14(25-18)7-13(24-15)11-2-3-12(19)17(21)16(11)20/h2-3,7-10,22H,4-6H2,1H3,(H,23,25). The number of piperidine rings is 1. The molecule has 3 aliphatic rings. The molecule has 0 saturated carbocycles. The second-order valence-electron chi connectivity index (χ2n) is 6.51. The molecule has 0 spiro atoms. The van der Waals surface area contributed by atoms with Crippen molar-refractivity contribution >= 4 is 34.8 Å². The van der Waals surface area contributed by atoms with Crippen molar-refractivity contribution in [3.63, 3.8) is 0 Å². The summed E-state index contributed by atoms with van der Waals surface area (Å²) in [7, 11) is 0. The first kappa shape index (κ1) is 17.1. The van der Waals surface area contributed by atoms with Crippen molar-refractivity contribution in [2.75, 3.05) is 6.54 Å². The van der Waals surface area contributed by atoms with Gasteiger partial charge in [0.05, 0.1) is 32.7 Å². The molecule has 2 unspecified atom stereocenters. The number of aromatic amines is 1. The zero-order valence-corrected chi connectivity index (χ0v) is 15.9. The summed E-state index contributed by atoms with van der Waals surface area (Å²) in [5.41, 5.74) is 3.28. The molecule has 0 aliphatic carbocycles. The third kappa shape index (κ3) is 3.24. The number of nitrogens with zero attached hydrogens (tertiary/aromatic N) is 2. The maximum atomic E-state index is 6.34. The van der Waals surface area contributed by atoms with E-state index < -0.39 is 0 Å². The normalized spacial score (nSPS) is 21.0. The highest BCUT2D eigenvalue weighted by Gasteiger charge is 2.23. The maximum Gasteiger partial charge on any atom is 0.109 e. The van der Waals surface area contributed by atoms with Crippen LogP contribution in [0.4, 0.5) is 0 Å². The molecule has 0 aromatic heterocycles. The zero-order valence-electron chi connectivity index (χ0n) is 13.6. The SMILES string of the molecule is CC1CC(c2ncc3nc(-c4ccc(Cl)c(Cl)c4Cl)cc-3[nH]2)CCN1. The highest BCUT2D eigenvalue weighted by Crippen LogP contribution is 2.39. The molecular weight excluding hydrogens is 379 g/mol. The van der Waals surface area contributed by atoms with Crippen molar-refractivity contribution in [1.82, 2.24) is 20.3 Å². The third-order valence-corrected chi connectivity index (χ3v) is 6.00. The molecule has 4 rings (SSSR count). The van der Waals surface area contributed by atoms with E-state index in [9.17, 15) is 0 Å². The summed E-state index contributed by atoms with van der Waals surface area (Å²) in [5, 5.41) is 4.66. The van der Waals surface area contributed by atoms with Gasteiger partial charge in [0.25, 0.3) is 0 Å². The number of H-pyrrole nitrogens is 1. The lowest BCUT2D eigenvalue weighted by Gasteiger charge is -2.27. The van der Waals surface area contributed by atoms with Crippen LogP contribution in [0.3, 0.4) is 0 Å². The molecule has 1 fully saturated rings. The Morgan fingerprint density at radius 1 is 1.12 bits per heavy atom. The van der Waals surface area contributed by atoms with Gasteiger partial charge in [0.2, 0.25) is 0 Å². The highest BCUT2D eigenvalue weighted by atomic mass is 35.5. The molecule has 1 saturated heterocycles. The molecule has 25 heavy (non-hydrogen) atoms. The fourth-order valence-electron chi connectivity index (χ4n) is 3.38. The van der Waals surface area contributed by atoms with Gasteiger partial charge >= 0.3 is 0 Å². The second-order valence-corrected chi connectivity index (χ2v) is 7.67. The molecule has 4 nitrogen and oxygen atoms in total. The van der Waals surface area contributed by atoms with E-state index in [1.165, 1.54) is 0 Å². The van der Waals surface area contributed by atoms with Crippen LogP contribution in [0.2, 0.25) is 15.1 Å². The predicted molar refractivity (Wildman–Crippen MR) is 103 cm³/mol. The molecule has 2 N–H and O–H groups in total. The molecule has 2 atom stereocenters. The van der Waals surface area contributed by atoms with Crippen LogP contribution in [-0.2, 0) is 0 Å². The molecule has 3 heterocycles. The Bertz CT molecular complexity index is 892. The fraction of sp³-hybridized carbons (Fsp3) is 0.333. The third-order valence-electron chi connectivity index (χ3n) is 4.71. The summed E-state index contributed by atoms with van der Waals surface area (Å²) < 4.78 is 0. The van der Waals surface area contributed by atoms with Gasteiger partial charge < -0.3 is 10.3 Å². The zero-order chi connectivity index (χ0) is 17.6. The summed E-state index contributed by atoms with van der Waals surface area (Å²) in [4.78, 5) is 12.7. The number of halogens is 3. The number of aromatic nitrogens is 3. The van der Waals surface area contributed by atoms with Gasteiger partial charge in [0, 0.05) is 17.5 Å². The van der Waals surface area contributed by atoms with Gasteiger partial charge in [-0.05, 0) is 44.5 Å². The minimum Gasteiger partial charge on any atom is -0.342 e. The van der Waals surface area contributed by atoms with Crippen LogP contribution in [0.5, 0.6) is 0 Å². The van der Waals surface area contributed by atoms with Crippen LogP contribution >= 0.6 is 34.8 Å². The Morgan fingerprint density at radius 2 is 1.96 bits per heavy atom. The second kappa shape index (κ2) is 6.76. The minimum absolute atomic E-state index is 0.347. The number of benzene rings is 1. The minimum atomic E-state index is 0.347. The Balaban J connectivity index is 1.72. The van der Waals surface area contributed by atoms with Gasteiger partial charge in [-0.25, -0.2) is 9.97 Å². The van der Waals surface area contributed by atoms with Gasteiger partial charge in [-0.15, -0.1) is 0 Å². The summed E-state index contributed by atoms with van der Waals surface area (Å²) in [5.74, 6) is 1.45. The van der Waals surface area contributed by atoms with Crippen molar-refractivity contribution in [3.8, 4) is 22.6 Å². The van der Waals surface area contributed by atoms with Crippen LogP contribution in [0.25, 0.3) is 22.6 Å². The molecule has 0 radical (unpaired) electrons. The van der Waals surface area contributed by atoms with Gasteiger partial charge in [0.15, 0.2) is 0 Å². The Morgan fingerprint density at radius 3 is 2.76 bits per heavy atom. The number of fused-ring (bicyclic) bond motifs is 1. The summed E-state index contributed by atoms with van der Waals surface area (Å²) in [6.45, 7) is 3.22. The van der Waals surface area contributed by atoms with E-state index >= 15 is 0 Å². The van der Waals surface area contributed by atoms with Crippen LogP contribution in [0.1, 0.15) is 31.5 Å². The van der Waals surface area contributed by atoms with Gasteiger partial charge in [0.1, 0.15) is 11.5 Å². The molecule has 7 heteroatoms. The smallest absolute Gasteiger partial charge is 0.109 e. The largest absolute Gasteiger partial charge is 0.342 e. The van der Waals surface area contributed by atoms with E-state index in [-0.39, 0.29) is 0 Å². The number of hydrogen-bond donors (Lipinski definition) is 2. The Kier molecular flexibility index (Phi) is 4.63. The fourth-order valence-corrected chi connectivity index (χ4v) is 4.01. The van der Waals surface area contributed by atoms with Crippen molar-refractivity contribution in [1.29, 1.82) is 0 Å². The van der Waals surface area contributed by atoms with Crippen molar-refractivity contribution in [2.45, 2.75) is 31.7 Å². The van der Waals surface area contributed by atoms with E-state index in [1.807, 2.05) is 18.3 Å². The first-order valence-corrected chi connectivity index (χ1v) is 9.39. The van der Waals surface area contributed by atoms with E-state index in [2.05, 4.69) is 27.2 Å². The van der Waals surface area contributed by atoms with E-state index in [4.69, 9.17) is 34.8 Å². The maximum absolute atomic E-state index is 6.34. The van der Waals surface area contributed by atoms with Crippen LogP contribution < -0.4 is 5.32 Å². The average molecular weight is 396 g/mol. The van der Waals surface area contributed by atoms with E-state index in [0.29, 0.717) is 27.0 Å². The Hall–Kier alpha value is -1.33. The highest BCUT2D eigenvalue weighted by molar-refractivity contribution is 6.49. The lowest BCUT2D eigenvalue weighted by Crippen LogP contribution is -2.35. The number of nitrogens with one attached hydrogen (secondary N) is 2. The lowest BCUT2D eigenvalue weighted by molar-refractivity contribution is 0.371. The number of hydrogen-bond acceptors (Lipinski definition) is 3. The molecule has 0 amide bonds.